The first kappa shape index (κ1) is 20.1. The van der Waals surface area contributed by atoms with Gasteiger partial charge in [0.1, 0.15) is 6.04 Å². The molecule has 0 fully saturated rings. The lowest BCUT2D eigenvalue weighted by Gasteiger charge is -2.11. The van der Waals surface area contributed by atoms with Gasteiger partial charge in [0.2, 0.25) is 0 Å². The zero-order valence-electron chi connectivity index (χ0n) is 13.8. The van der Waals surface area contributed by atoms with Crippen LogP contribution in [0.4, 0.5) is 0 Å². The molecule has 1 aromatic rings. The number of hydrogen-bond donors (Lipinski definition) is 5. The third-order valence-corrected chi connectivity index (χ3v) is 3.92. The van der Waals surface area contributed by atoms with E-state index in [1.165, 1.54) is 11.1 Å². The number of aliphatic carboxylic acids is 2. The minimum Gasteiger partial charge on any atom is -0.480 e. The second-order valence-corrected chi connectivity index (χ2v) is 5.79. The Morgan fingerprint density at radius 2 is 1.96 bits per heavy atom. The molecule has 2 unspecified atom stereocenters. The van der Waals surface area contributed by atoms with Crippen LogP contribution in [0.5, 0.6) is 0 Å². The number of nitrogens with one attached hydrogen (secondary N) is 1. The highest BCUT2D eigenvalue weighted by molar-refractivity contribution is 5.72. The largest absolute Gasteiger partial charge is 0.480 e. The maximum atomic E-state index is 10.4. The molecule has 1 aliphatic carbocycles. The van der Waals surface area contributed by atoms with Crippen molar-refractivity contribution < 1.29 is 19.8 Å². The maximum Gasteiger partial charge on any atom is 0.320 e. The van der Waals surface area contributed by atoms with Gasteiger partial charge in [-0.1, -0.05) is 30.7 Å². The highest BCUT2D eigenvalue weighted by Gasteiger charge is 2.21. The van der Waals surface area contributed by atoms with Crippen molar-refractivity contribution in [3.8, 4) is 0 Å². The fourth-order valence-corrected chi connectivity index (χ4v) is 2.61. The van der Waals surface area contributed by atoms with Crippen LogP contribution in [0.25, 0.3) is 0 Å². The van der Waals surface area contributed by atoms with E-state index in [9.17, 15) is 9.59 Å². The van der Waals surface area contributed by atoms with E-state index < -0.39 is 18.0 Å². The number of nitrogens with two attached hydrogens (primary N) is 2. The average Bonchev–Trinajstić information content (AvgIpc) is 2.97. The standard InChI is InChI=1S/C11H13NO2.C6H14N2O2/c13-11(14)7-12-10-6-5-8-3-1-2-4-9(8)10;7-4-2-1-3-5(8)6(9)10/h1-4,10,12H,5-7H2,(H,13,14);5H,1-4,7-8H2,(H,9,10). The third kappa shape index (κ3) is 7.08. The van der Waals surface area contributed by atoms with E-state index in [1.54, 1.807) is 0 Å². The molecule has 7 heteroatoms. The zero-order valence-corrected chi connectivity index (χ0v) is 13.8. The van der Waals surface area contributed by atoms with Gasteiger partial charge in [-0.15, -0.1) is 0 Å². The molecule has 0 bridgehead atoms. The Hall–Kier alpha value is -1.96. The number of benzene rings is 1. The lowest BCUT2D eigenvalue weighted by molar-refractivity contribution is -0.139. The zero-order chi connectivity index (χ0) is 17.9. The second kappa shape index (κ2) is 10.7. The Morgan fingerprint density at radius 3 is 2.58 bits per heavy atom. The van der Waals surface area contributed by atoms with Crippen LogP contribution in [0.2, 0.25) is 0 Å². The van der Waals surface area contributed by atoms with Gasteiger partial charge in [0.15, 0.2) is 0 Å². The quantitative estimate of drug-likeness (QED) is 0.444. The van der Waals surface area contributed by atoms with Crippen LogP contribution in [0.15, 0.2) is 24.3 Å². The summed E-state index contributed by atoms with van der Waals surface area (Å²) in [6.07, 6.45) is 4.22. The van der Waals surface area contributed by atoms with Gasteiger partial charge in [0, 0.05) is 6.04 Å². The van der Waals surface area contributed by atoms with E-state index in [4.69, 9.17) is 21.7 Å². The van der Waals surface area contributed by atoms with Crippen molar-refractivity contribution in [1.29, 1.82) is 0 Å². The van der Waals surface area contributed by atoms with Crippen LogP contribution in [-0.4, -0.2) is 41.3 Å². The van der Waals surface area contributed by atoms with E-state index in [0.29, 0.717) is 13.0 Å². The third-order valence-electron chi connectivity index (χ3n) is 3.92. The lowest BCUT2D eigenvalue weighted by Crippen LogP contribution is -2.29. The molecule has 0 amide bonds. The molecule has 0 heterocycles. The fourth-order valence-electron chi connectivity index (χ4n) is 2.61. The SMILES string of the molecule is NCCCCC(N)C(=O)O.O=C(O)CNC1CCc2ccccc21. The maximum absolute atomic E-state index is 10.4. The van der Waals surface area contributed by atoms with Crippen molar-refractivity contribution in [2.45, 2.75) is 44.2 Å². The van der Waals surface area contributed by atoms with Crippen molar-refractivity contribution in [3.05, 3.63) is 35.4 Å². The van der Waals surface area contributed by atoms with E-state index in [0.717, 1.165) is 25.7 Å². The summed E-state index contributed by atoms with van der Waals surface area (Å²) < 4.78 is 0. The summed E-state index contributed by atoms with van der Waals surface area (Å²) in [4.78, 5) is 20.5. The molecule has 2 atom stereocenters. The van der Waals surface area contributed by atoms with Crippen molar-refractivity contribution in [2.24, 2.45) is 11.5 Å². The molecule has 0 radical (unpaired) electrons. The van der Waals surface area contributed by atoms with E-state index in [1.807, 2.05) is 12.1 Å². The van der Waals surface area contributed by atoms with Crippen LogP contribution >= 0.6 is 0 Å². The first-order chi connectivity index (χ1) is 11.5. The predicted octanol–water partition coefficient (Wildman–Crippen LogP) is 0.875. The molecule has 0 saturated carbocycles. The van der Waals surface area contributed by atoms with Gasteiger partial charge in [-0.25, -0.2) is 0 Å². The summed E-state index contributed by atoms with van der Waals surface area (Å²) in [5.41, 5.74) is 13.0. The Bertz CT molecular complexity index is 536. The van der Waals surface area contributed by atoms with Crippen LogP contribution < -0.4 is 16.8 Å². The number of rotatable bonds is 8. The molecule has 0 aliphatic heterocycles. The van der Waals surface area contributed by atoms with Gasteiger partial charge >= 0.3 is 11.9 Å². The highest BCUT2D eigenvalue weighted by atomic mass is 16.4. The van der Waals surface area contributed by atoms with E-state index >= 15 is 0 Å². The van der Waals surface area contributed by atoms with Crippen LogP contribution in [0, 0.1) is 0 Å². The van der Waals surface area contributed by atoms with E-state index in [2.05, 4.69) is 17.4 Å². The molecule has 7 N–H and O–H groups in total. The van der Waals surface area contributed by atoms with Gasteiger partial charge in [-0.2, -0.15) is 0 Å². The molecule has 24 heavy (non-hydrogen) atoms. The number of unbranched alkanes of at least 4 members (excludes halogenated alkanes) is 1. The summed E-state index contributed by atoms with van der Waals surface area (Å²) >= 11 is 0. The number of fused-ring (bicyclic) bond motifs is 1. The fraction of sp³-hybridized carbons (Fsp3) is 0.529. The molecule has 1 aromatic carbocycles. The molecule has 0 spiro atoms. The molecule has 7 nitrogen and oxygen atoms in total. The molecule has 134 valence electrons. The van der Waals surface area contributed by atoms with E-state index in [-0.39, 0.29) is 12.6 Å². The Morgan fingerprint density at radius 1 is 1.25 bits per heavy atom. The smallest absolute Gasteiger partial charge is 0.320 e. The van der Waals surface area contributed by atoms with Crippen LogP contribution in [0.1, 0.15) is 42.9 Å². The average molecular weight is 337 g/mol. The summed E-state index contributed by atoms with van der Waals surface area (Å²) in [6.45, 7) is 0.644. The number of carbonyl (C=O) groups is 2. The summed E-state index contributed by atoms with van der Waals surface area (Å²) in [5.74, 6) is -1.73. The normalized spacial score (nSPS) is 16.7. The van der Waals surface area contributed by atoms with Gasteiger partial charge < -0.3 is 27.0 Å². The Labute approximate surface area is 142 Å². The van der Waals surface area contributed by atoms with Gasteiger partial charge in [-0.05, 0) is 43.4 Å². The van der Waals surface area contributed by atoms with Crippen LogP contribution in [-0.2, 0) is 16.0 Å². The van der Waals surface area contributed by atoms with Gasteiger partial charge in [0.05, 0.1) is 6.54 Å². The Balaban J connectivity index is 0.000000257. The lowest BCUT2D eigenvalue weighted by atomic mass is 10.1. The number of carboxylic acids is 2. The first-order valence-corrected chi connectivity index (χ1v) is 8.17. The van der Waals surface area contributed by atoms with Crippen LogP contribution in [0.3, 0.4) is 0 Å². The molecular weight excluding hydrogens is 310 g/mol. The molecule has 1 aliphatic rings. The van der Waals surface area contributed by atoms with Crippen molar-refractivity contribution in [3.63, 3.8) is 0 Å². The van der Waals surface area contributed by atoms with Crippen molar-refractivity contribution >= 4 is 11.9 Å². The summed E-state index contributed by atoms with van der Waals surface area (Å²) in [6, 6.07) is 7.71. The first-order valence-electron chi connectivity index (χ1n) is 8.17. The summed E-state index contributed by atoms with van der Waals surface area (Å²) in [7, 11) is 0. The summed E-state index contributed by atoms with van der Waals surface area (Å²) in [5, 5.41) is 19.9. The van der Waals surface area contributed by atoms with Crippen molar-refractivity contribution in [2.75, 3.05) is 13.1 Å². The highest BCUT2D eigenvalue weighted by Crippen LogP contribution is 2.30. The monoisotopic (exact) mass is 337 g/mol. The minimum absolute atomic E-state index is 0.0407. The minimum atomic E-state index is -0.933. The molecule has 0 aromatic heterocycles. The van der Waals surface area contributed by atoms with Gasteiger partial charge in [-0.3, -0.25) is 9.59 Å². The predicted molar refractivity (Wildman–Crippen MR) is 91.7 cm³/mol. The second-order valence-electron chi connectivity index (χ2n) is 5.79. The van der Waals surface area contributed by atoms with Crippen molar-refractivity contribution in [1.82, 2.24) is 5.32 Å². The number of carboxylic acid groups (broad SMARTS) is 2. The Kier molecular flexibility index (Phi) is 8.99. The molecule has 0 saturated heterocycles. The topological polar surface area (TPSA) is 139 Å². The molecular formula is C17H27N3O4. The number of aryl methyl sites for hydroxylation is 1. The van der Waals surface area contributed by atoms with Gasteiger partial charge in [0.25, 0.3) is 0 Å². The number of hydrogen-bond acceptors (Lipinski definition) is 5. The molecule has 2 rings (SSSR count).